The molecule has 27 heavy (non-hydrogen) atoms. The molecule has 1 aromatic heterocycles. The number of phenols is 1. The number of aromatic amines is 1. The van der Waals surface area contributed by atoms with Gasteiger partial charge in [0.15, 0.2) is 0 Å². The van der Waals surface area contributed by atoms with E-state index in [9.17, 15) is 9.90 Å². The van der Waals surface area contributed by atoms with Crippen molar-refractivity contribution in [1.29, 1.82) is 0 Å². The second-order valence-corrected chi connectivity index (χ2v) is 7.42. The fraction of sp³-hybridized carbons (Fsp3) is 0.318. The highest BCUT2D eigenvalue weighted by atomic mass is 16.3. The number of aryl methyl sites for hydroxylation is 1. The number of para-hydroxylation sites is 1. The monoisotopic (exact) mass is 364 g/mol. The molecule has 0 spiro atoms. The van der Waals surface area contributed by atoms with Crippen LogP contribution in [0.2, 0.25) is 0 Å². The summed E-state index contributed by atoms with van der Waals surface area (Å²) in [5.74, 6) is 0.509. The molecule has 0 saturated carbocycles. The number of benzene rings is 2. The predicted octanol–water partition coefficient (Wildman–Crippen LogP) is 2.16. The van der Waals surface area contributed by atoms with Gasteiger partial charge in [-0.2, -0.15) is 0 Å². The molecule has 0 bridgehead atoms. The molecule has 0 amide bonds. The largest absolute Gasteiger partial charge is 0.508 e. The number of phenolic OH excluding ortho intramolecular Hbond substituents is 1. The van der Waals surface area contributed by atoms with Crippen LogP contribution in [0, 0.1) is 6.92 Å². The zero-order chi connectivity index (χ0) is 19.0. The molecule has 2 aromatic carbocycles. The smallest absolute Gasteiger partial charge is 0.222 e. The molecule has 1 saturated heterocycles. The van der Waals surface area contributed by atoms with Crippen LogP contribution in [0.25, 0.3) is 10.9 Å². The SMILES string of the molecule is Cc1[nH]c2ccccc2c1C(=O)[C@H](C)[NH+]1CCN(c2ccc(O)cc2)CC1. The van der Waals surface area contributed by atoms with Gasteiger partial charge in [-0.25, -0.2) is 0 Å². The number of nitrogens with one attached hydrogen (secondary N) is 2. The molecular weight excluding hydrogens is 338 g/mol. The van der Waals surface area contributed by atoms with Gasteiger partial charge in [0.1, 0.15) is 11.8 Å². The van der Waals surface area contributed by atoms with Crippen molar-refractivity contribution in [3.8, 4) is 5.75 Å². The topological polar surface area (TPSA) is 60.8 Å². The van der Waals surface area contributed by atoms with Gasteiger partial charge in [-0.15, -0.1) is 0 Å². The fourth-order valence-electron chi connectivity index (χ4n) is 4.14. The van der Waals surface area contributed by atoms with Crippen LogP contribution in [-0.4, -0.2) is 48.1 Å². The van der Waals surface area contributed by atoms with Crippen molar-refractivity contribution in [2.24, 2.45) is 0 Å². The highest BCUT2D eigenvalue weighted by Gasteiger charge is 2.32. The van der Waals surface area contributed by atoms with E-state index in [4.69, 9.17) is 0 Å². The second-order valence-electron chi connectivity index (χ2n) is 7.42. The summed E-state index contributed by atoms with van der Waals surface area (Å²) in [6.45, 7) is 7.70. The van der Waals surface area contributed by atoms with Crippen LogP contribution in [0.4, 0.5) is 5.69 Å². The number of carbonyl (C=O) groups excluding carboxylic acids is 1. The molecule has 1 aliphatic heterocycles. The van der Waals surface area contributed by atoms with Crippen LogP contribution in [0.5, 0.6) is 5.75 Å². The maximum absolute atomic E-state index is 13.2. The van der Waals surface area contributed by atoms with Gasteiger partial charge in [0.25, 0.3) is 0 Å². The Hall–Kier alpha value is -2.79. The van der Waals surface area contributed by atoms with Gasteiger partial charge in [-0.1, -0.05) is 18.2 Å². The Balaban J connectivity index is 1.47. The molecule has 1 aliphatic rings. The number of Topliss-reactive ketones (excluding diaryl/α,β-unsaturated/α-hetero) is 1. The third-order valence-electron chi connectivity index (χ3n) is 5.77. The van der Waals surface area contributed by atoms with E-state index in [1.165, 1.54) is 4.90 Å². The minimum atomic E-state index is -0.0649. The fourth-order valence-corrected chi connectivity index (χ4v) is 4.14. The van der Waals surface area contributed by atoms with Gasteiger partial charge in [0, 0.05) is 22.3 Å². The predicted molar refractivity (Wildman–Crippen MR) is 108 cm³/mol. The van der Waals surface area contributed by atoms with Crippen molar-refractivity contribution in [2.45, 2.75) is 19.9 Å². The number of nitrogens with zero attached hydrogens (tertiary/aromatic N) is 1. The van der Waals surface area contributed by atoms with Crippen molar-refractivity contribution < 1.29 is 14.8 Å². The van der Waals surface area contributed by atoms with E-state index < -0.39 is 0 Å². The molecule has 2 heterocycles. The van der Waals surface area contributed by atoms with Gasteiger partial charge in [-0.3, -0.25) is 4.79 Å². The van der Waals surface area contributed by atoms with Crippen molar-refractivity contribution in [3.05, 3.63) is 59.8 Å². The zero-order valence-electron chi connectivity index (χ0n) is 15.8. The lowest BCUT2D eigenvalue weighted by Crippen LogP contribution is -3.18. The number of fused-ring (bicyclic) bond motifs is 1. The van der Waals surface area contributed by atoms with Crippen LogP contribution in [0.15, 0.2) is 48.5 Å². The summed E-state index contributed by atoms with van der Waals surface area (Å²) < 4.78 is 0. The zero-order valence-corrected chi connectivity index (χ0v) is 15.8. The van der Waals surface area contributed by atoms with Crippen LogP contribution >= 0.6 is 0 Å². The normalized spacial score (nSPS) is 16.6. The quantitative estimate of drug-likeness (QED) is 0.622. The molecule has 1 atom stereocenters. The minimum absolute atomic E-state index is 0.0649. The molecule has 4 rings (SSSR count). The van der Waals surface area contributed by atoms with E-state index in [1.54, 1.807) is 12.1 Å². The van der Waals surface area contributed by atoms with Gasteiger partial charge in [0.2, 0.25) is 5.78 Å². The van der Waals surface area contributed by atoms with Crippen molar-refractivity contribution in [2.75, 3.05) is 31.1 Å². The second kappa shape index (κ2) is 7.08. The van der Waals surface area contributed by atoms with Crippen LogP contribution < -0.4 is 9.80 Å². The molecule has 5 nitrogen and oxygen atoms in total. The average Bonchev–Trinajstić information content (AvgIpc) is 3.03. The Kier molecular flexibility index (Phi) is 4.62. The van der Waals surface area contributed by atoms with Crippen LogP contribution in [0.1, 0.15) is 23.0 Å². The number of H-pyrrole nitrogens is 1. The first-order valence-corrected chi connectivity index (χ1v) is 9.54. The number of rotatable bonds is 4. The Bertz CT molecular complexity index is 953. The standard InChI is InChI=1S/C22H25N3O2/c1-15-21(19-5-3-4-6-20(19)23-15)22(27)16(2)24-11-13-25(14-12-24)17-7-9-18(26)10-8-17/h3-10,16,23,26H,11-14H2,1-2H3/p+1/t16-/m0/s1. The molecule has 3 N–H and O–H groups in total. The number of hydrogen-bond acceptors (Lipinski definition) is 3. The van der Waals surface area contributed by atoms with Crippen molar-refractivity contribution >= 4 is 22.4 Å². The summed E-state index contributed by atoms with van der Waals surface area (Å²) in [7, 11) is 0. The number of piperazine rings is 1. The molecular formula is C22H26N3O2+. The summed E-state index contributed by atoms with van der Waals surface area (Å²) in [6.07, 6.45) is 0. The molecule has 0 unspecified atom stereocenters. The number of aromatic nitrogens is 1. The molecule has 0 radical (unpaired) electrons. The first kappa shape index (κ1) is 17.6. The summed E-state index contributed by atoms with van der Waals surface area (Å²) in [6, 6.07) is 15.3. The lowest BCUT2D eigenvalue weighted by Gasteiger charge is -2.36. The average molecular weight is 364 g/mol. The van der Waals surface area contributed by atoms with Gasteiger partial charge < -0.3 is 19.9 Å². The van der Waals surface area contributed by atoms with E-state index in [0.29, 0.717) is 0 Å². The van der Waals surface area contributed by atoms with Crippen LogP contribution in [0.3, 0.4) is 0 Å². The Morgan fingerprint density at radius 1 is 1.11 bits per heavy atom. The molecule has 0 aliphatic carbocycles. The van der Waals surface area contributed by atoms with Crippen molar-refractivity contribution in [1.82, 2.24) is 4.98 Å². The summed E-state index contributed by atoms with van der Waals surface area (Å²) >= 11 is 0. The molecule has 1 fully saturated rings. The number of quaternary nitrogens is 1. The number of hydrogen-bond donors (Lipinski definition) is 3. The summed E-state index contributed by atoms with van der Waals surface area (Å²) in [5.41, 5.74) is 3.94. The Labute approximate surface area is 159 Å². The molecule has 5 heteroatoms. The van der Waals surface area contributed by atoms with Gasteiger partial charge in [-0.05, 0) is 44.2 Å². The highest BCUT2D eigenvalue weighted by Crippen LogP contribution is 2.23. The summed E-state index contributed by atoms with van der Waals surface area (Å²) in [5, 5.41) is 10.5. The molecule has 3 aromatic rings. The van der Waals surface area contributed by atoms with Gasteiger partial charge in [0.05, 0.1) is 31.7 Å². The third-order valence-corrected chi connectivity index (χ3v) is 5.77. The number of anilines is 1. The Morgan fingerprint density at radius 2 is 1.78 bits per heavy atom. The van der Waals surface area contributed by atoms with E-state index >= 15 is 0 Å². The lowest BCUT2D eigenvalue weighted by atomic mass is 10.0. The first-order valence-electron chi connectivity index (χ1n) is 9.54. The van der Waals surface area contributed by atoms with Crippen LogP contribution in [-0.2, 0) is 0 Å². The molecule has 140 valence electrons. The third kappa shape index (κ3) is 3.30. The highest BCUT2D eigenvalue weighted by molar-refractivity contribution is 6.10. The van der Waals surface area contributed by atoms with E-state index in [0.717, 1.165) is 54.0 Å². The maximum Gasteiger partial charge on any atom is 0.222 e. The number of carbonyl (C=O) groups is 1. The van der Waals surface area contributed by atoms with E-state index in [1.807, 2.05) is 43.3 Å². The summed E-state index contributed by atoms with van der Waals surface area (Å²) in [4.78, 5) is 20.2. The Morgan fingerprint density at radius 3 is 2.48 bits per heavy atom. The van der Waals surface area contributed by atoms with Gasteiger partial charge >= 0.3 is 0 Å². The van der Waals surface area contributed by atoms with E-state index in [-0.39, 0.29) is 17.6 Å². The first-order chi connectivity index (χ1) is 13.0. The minimum Gasteiger partial charge on any atom is -0.508 e. The number of aromatic hydroxyl groups is 1. The number of ketones is 1. The lowest BCUT2D eigenvalue weighted by molar-refractivity contribution is -0.914. The van der Waals surface area contributed by atoms with E-state index in [2.05, 4.69) is 16.8 Å². The maximum atomic E-state index is 13.2. The van der Waals surface area contributed by atoms with Crippen molar-refractivity contribution in [3.63, 3.8) is 0 Å².